The zero-order valence-electron chi connectivity index (χ0n) is 12.1. The molecule has 0 fully saturated rings. The maximum absolute atomic E-state index is 12.3. The summed E-state index contributed by atoms with van der Waals surface area (Å²) in [6.45, 7) is 1.62. The molecule has 0 aliphatic heterocycles. The number of aliphatic carboxylic acids is 1. The first-order chi connectivity index (χ1) is 10.9. The van der Waals surface area contributed by atoms with Crippen LogP contribution in [0.5, 0.6) is 0 Å². The maximum Gasteiger partial charge on any atom is 0.326 e. The van der Waals surface area contributed by atoms with Crippen LogP contribution >= 0.6 is 11.3 Å². The number of carbonyl (C=O) groups excluding carboxylic acids is 1. The number of nitrogens with zero attached hydrogens (tertiary/aromatic N) is 1. The van der Waals surface area contributed by atoms with Gasteiger partial charge in [-0.05, 0) is 18.4 Å². The molecule has 0 bridgehead atoms. The van der Waals surface area contributed by atoms with Crippen molar-refractivity contribution < 1.29 is 27.9 Å². The van der Waals surface area contributed by atoms with E-state index in [4.69, 9.17) is 9.52 Å². The number of aromatic nitrogens is 1. The van der Waals surface area contributed by atoms with Crippen LogP contribution in [0.4, 0.5) is 8.78 Å². The lowest BCUT2D eigenvalue weighted by atomic mass is 10.2. The number of carboxylic acids is 1. The van der Waals surface area contributed by atoms with E-state index in [0.29, 0.717) is 17.3 Å². The summed E-state index contributed by atoms with van der Waals surface area (Å²) in [4.78, 5) is 26.9. The van der Waals surface area contributed by atoms with Crippen LogP contribution in [0.25, 0.3) is 11.5 Å². The number of hydrogen-bond donors (Lipinski definition) is 2. The highest BCUT2D eigenvalue weighted by Crippen LogP contribution is 2.24. The molecule has 9 heteroatoms. The Labute approximate surface area is 134 Å². The number of carbonyl (C=O) groups is 2. The Morgan fingerprint density at radius 3 is 2.78 bits per heavy atom. The smallest absolute Gasteiger partial charge is 0.326 e. The molecule has 6 nitrogen and oxygen atoms in total. The van der Waals surface area contributed by atoms with Gasteiger partial charge in [0.1, 0.15) is 11.8 Å². The fraction of sp³-hybridized carbons (Fsp3) is 0.357. The fourth-order valence-corrected chi connectivity index (χ4v) is 2.53. The van der Waals surface area contributed by atoms with Crippen LogP contribution < -0.4 is 5.32 Å². The number of thiophene rings is 1. The van der Waals surface area contributed by atoms with Gasteiger partial charge in [0, 0.05) is 17.4 Å². The van der Waals surface area contributed by atoms with Gasteiger partial charge in [-0.25, -0.2) is 18.6 Å². The number of nitrogens with one attached hydrogen (secondary N) is 1. The SMILES string of the molecule is Cc1oc(-c2ccsc2)nc1CC(=O)NC(CC(F)F)C(=O)O. The summed E-state index contributed by atoms with van der Waals surface area (Å²) < 4.78 is 30.1. The number of halogens is 2. The molecule has 0 aliphatic carbocycles. The van der Waals surface area contributed by atoms with E-state index < -0.39 is 30.8 Å². The van der Waals surface area contributed by atoms with Crippen molar-refractivity contribution in [2.45, 2.75) is 32.2 Å². The van der Waals surface area contributed by atoms with E-state index in [0.717, 1.165) is 5.56 Å². The Hall–Kier alpha value is -2.29. The monoisotopic (exact) mass is 344 g/mol. The Balaban J connectivity index is 2.04. The van der Waals surface area contributed by atoms with Gasteiger partial charge in [0.05, 0.1) is 12.1 Å². The van der Waals surface area contributed by atoms with Crippen molar-refractivity contribution in [2.75, 3.05) is 0 Å². The molecule has 0 aromatic carbocycles. The minimum absolute atomic E-state index is 0.244. The van der Waals surface area contributed by atoms with E-state index in [1.54, 1.807) is 6.92 Å². The molecule has 1 unspecified atom stereocenters. The minimum atomic E-state index is -2.82. The van der Waals surface area contributed by atoms with Gasteiger partial charge in [-0.3, -0.25) is 4.79 Å². The van der Waals surface area contributed by atoms with Gasteiger partial charge in [0.25, 0.3) is 0 Å². The first kappa shape index (κ1) is 17.1. The van der Waals surface area contributed by atoms with Crippen molar-refractivity contribution in [2.24, 2.45) is 0 Å². The van der Waals surface area contributed by atoms with Gasteiger partial charge in [0.2, 0.25) is 18.2 Å². The number of amides is 1. The third-order valence-electron chi connectivity index (χ3n) is 3.04. The highest BCUT2D eigenvalue weighted by Gasteiger charge is 2.25. The van der Waals surface area contributed by atoms with Crippen LogP contribution in [-0.2, 0) is 16.0 Å². The lowest BCUT2D eigenvalue weighted by Crippen LogP contribution is -2.42. The fourth-order valence-electron chi connectivity index (χ4n) is 1.90. The third kappa shape index (κ3) is 4.59. The summed E-state index contributed by atoms with van der Waals surface area (Å²) in [5.74, 6) is -1.43. The molecule has 124 valence electrons. The van der Waals surface area contributed by atoms with Crippen molar-refractivity contribution in [1.29, 1.82) is 0 Å². The van der Waals surface area contributed by atoms with Crippen LogP contribution in [0.3, 0.4) is 0 Å². The van der Waals surface area contributed by atoms with Gasteiger partial charge >= 0.3 is 5.97 Å². The molecule has 2 aromatic rings. The van der Waals surface area contributed by atoms with E-state index >= 15 is 0 Å². The zero-order chi connectivity index (χ0) is 17.0. The minimum Gasteiger partial charge on any atom is -0.480 e. The summed E-state index contributed by atoms with van der Waals surface area (Å²) in [5.41, 5.74) is 1.11. The van der Waals surface area contributed by atoms with Crippen LogP contribution in [0.2, 0.25) is 0 Å². The molecule has 0 saturated heterocycles. The summed E-state index contributed by atoms with van der Waals surface area (Å²) in [7, 11) is 0. The molecule has 2 N–H and O–H groups in total. The van der Waals surface area contributed by atoms with Gasteiger partial charge in [0.15, 0.2) is 0 Å². The second-order valence-electron chi connectivity index (χ2n) is 4.80. The zero-order valence-corrected chi connectivity index (χ0v) is 12.9. The topological polar surface area (TPSA) is 92.4 Å². The lowest BCUT2D eigenvalue weighted by molar-refractivity contribution is -0.142. The third-order valence-corrected chi connectivity index (χ3v) is 3.72. The van der Waals surface area contributed by atoms with E-state index in [9.17, 15) is 18.4 Å². The predicted octanol–water partition coefficient (Wildman–Crippen LogP) is 2.48. The largest absolute Gasteiger partial charge is 0.480 e. The molecule has 23 heavy (non-hydrogen) atoms. The molecule has 2 heterocycles. The highest BCUT2D eigenvalue weighted by molar-refractivity contribution is 7.08. The maximum atomic E-state index is 12.3. The Morgan fingerprint density at radius 2 is 2.22 bits per heavy atom. The van der Waals surface area contributed by atoms with Gasteiger partial charge in [-0.2, -0.15) is 11.3 Å². The number of aryl methyl sites for hydroxylation is 1. The van der Waals surface area contributed by atoms with E-state index in [1.165, 1.54) is 11.3 Å². The van der Waals surface area contributed by atoms with Crippen LogP contribution in [0.15, 0.2) is 21.2 Å². The van der Waals surface area contributed by atoms with Gasteiger partial charge < -0.3 is 14.8 Å². The Morgan fingerprint density at radius 1 is 1.48 bits per heavy atom. The molecular weight excluding hydrogens is 330 g/mol. The van der Waals surface area contributed by atoms with E-state index in [-0.39, 0.29) is 6.42 Å². The van der Waals surface area contributed by atoms with Crippen LogP contribution in [0, 0.1) is 6.92 Å². The summed E-state index contributed by atoms with van der Waals surface area (Å²) >= 11 is 1.47. The normalized spacial score (nSPS) is 12.3. The number of carboxylic acid groups (broad SMARTS) is 1. The molecule has 0 radical (unpaired) electrons. The molecule has 0 saturated carbocycles. The average molecular weight is 344 g/mol. The molecule has 0 aliphatic rings. The van der Waals surface area contributed by atoms with Crippen molar-refractivity contribution in [1.82, 2.24) is 10.3 Å². The Bertz CT molecular complexity index is 685. The molecule has 2 aromatic heterocycles. The Kier molecular flexibility index (Phi) is 5.43. The van der Waals surface area contributed by atoms with Crippen molar-refractivity contribution in [3.05, 3.63) is 28.3 Å². The van der Waals surface area contributed by atoms with Crippen LogP contribution in [-0.4, -0.2) is 34.4 Å². The number of rotatable bonds is 7. The molecule has 2 rings (SSSR count). The predicted molar refractivity (Wildman–Crippen MR) is 78.4 cm³/mol. The summed E-state index contributed by atoms with van der Waals surface area (Å²) in [5, 5.41) is 14.6. The number of hydrogen-bond acceptors (Lipinski definition) is 5. The van der Waals surface area contributed by atoms with Gasteiger partial charge in [-0.1, -0.05) is 0 Å². The second kappa shape index (κ2) is 7.32. The van der Waals surface area contributed by atoms with Crippen molar-refractivity contribution in [3.8, 4) is 11.5 Å². The van der Waals surface area contributed by atoms with E-state index in [1.807, 2.05) is 16.8 Å². The first-order valence-corrected chi connectivity index (χ1v) is 7.60. The van der Waals surface area contributed by atoms with Gasteiger partial charge in [-0.15, -0.1) is 0 Å². The molecule has 0 spiro atoms. The van der Waals surface area contributed by atoms with Crippen molar-refractivity contribution in [3.63, 3.8) is 0 Å². The summed E-state index contributed by atoms with van der Waals surface area (Å²) in [6.07, 6.45) is -4.01. The molecule has 1 amide bonds. The van der Waals surface area contributed by atoms with E-state index in [2.05, 4.69) is 10.3 Å². The second-order valence-corrected chi connectivity index (χ2v) is 5.58. The standard InChI is InChI=1S/C14H14F2N2O4S/c1-7-9(18-13(22-7)8-2-3-23-6-8)5-12(19)17-10(14(20)21)4-11(15)16/h2-3,6,10-11H,4-5H2,1H3,(H,17,19)(H,20,21). The molecule has 1 atom stereocenters. The lowest BCUT2D eigenvalue weighted by Gasteiger charge is -2.13. The number of alkyl halides is 2. The highest BCUT2D eigenvalue weighted by atomic mass is 32.1. The van der Waals surface area contributed by atoms with Crippen LogP contribution in [0.1, 0.15) is 17.9 Å². The molecular formula is C14H14F2N2O4S. The summed E-state index contributed by atoms with van der Waals surface area (Å²) in [6, 6.07) is 0.175. The first-order valence-electron chi connectivity index (χ1n) is 6.66. The quantitative estimate of drug-likeness (QED) is 0.805. The number of oxazole rings is 1. The van der Waals surface area contributed by atoms with Crippen molar-refractivity contribution >= 4 is 23.2 Å². The average Bonchev–Trinajstić information content (AvgIpc) is 3.08.